The Hall–Kier alpha value is -2.04. The number of rotatable bonds is 2. The zero-order valence-electron chi connectivity index (χ0n) is 10.7. The molecule has 3 N–H and O–H groups in total. The van der Waals surface area contributed by atoms with Crippen molar-refractivity contribution < 1.29 is 0 Å². The molecular formula is C14H17N3O2. The Morgan fingerprint density at radius 3 is 2.53 bits per heavy atom. The van der Waals surface area contributed by atoms with Gasteiger partial charge in [0.1, 0.15) is 0 Å². The summed E-state index contributed by atoms with van der Waals surface area (Å²) >= 11 is 0. The highest BCUT2D eigenvalue weighted by molar-refractivity contribution is 5.92. The highest BCUT2D eigenvalue weighted by Crippen LogP contribution is 2.24. The van der Waals surface area contributed by atoms with E-state index in [-0.39, 0.29) is 11.1 Å². The molecule has 1 aromatic carbocycles. The number of aromatic nitrogens is 2. The van der Waals surface area contributed by atoms with E-state index in [4.69, 9.17) is 0 Å². The van der Waals surface area contributed by atoms with E-state index in [2.05, 4.69) is 15.5 Å². The number of nitrogens with one attached hydrogen (secondary N) is 3. The van der Waals surface area contributed by atoms with Crippen LogP contribution in [0, 0.1) is 0 Å². The fraction of sp³-hybridized carbons (Fsp3) is 0.429. The lowest BCUT2D eigenvalue weighted by atomic mass is 9.95. The summed E-state index contributed by atoms with van der Waals surface area (Å²) in [6.45, 7) is 0. The van der Waals surface area contributed by atoms with Crippen molar-refractivity contribution in [2.75, 3.05) is 5.32 Å². The highest BCUT2D eigenvalue weighted by Gasteiger charge is 2.15. The van der Waals surface area contributed by atoms with E-state index in [0.717, 1.165) is 18.5 Å². The third kappa shape index (κ3) is 2.28. The van der Waals surface area contributed by atoms with Gasteiger partial charge in [-0.25, -0.2) is 0 Å². The first-order valence-corrected chi connectivity index (χ1v) is 6.76. The van der Waals surface area contributed by atoms with Gasteiger partial charge in [-0.2, -0.15) is 0 Å². The molecule has 0 unspecified atom stereocenters. The summed E-state index contributed by atoms with van der Waals surface area (Å²) in [4.78, 5) is 23.6. The zero-order valence-corrected chi connectivity index (χ0v) is 10.7. The van der Waals surface area contributed by atoms with Gasteiger partial charge in [0.25, 0.3) is 11.1 Å². The molecule has 1 aliphatic rings. The van der Waals surface area contributed by atoms with Gasteiger partial charge in [0.15, 0.2) is 0 Å². The summed E-state index contributed by atoms with van der Waals surface area (Å²) in [5, 5.41) is 9.05. The van der Waals surface area contributed by atoms with Crippen molar-refractivity contribution in [2.24, 2.45) is 0 Å². The summed E-state index contributed by atoms with van der Waals surface area (Å²) < 4.78 is 0. The summed E-state index contributed by atoms with van der Waals surface area (Å²) in [5.41, 5.74) is 0.243. The van der Waals surface area contributed by atoms with Gasteiger partial charge < -0.3 is 5.32 Å². The standard InChI is InChI=1S/C14H17N3O2/c18-13-10-7-4-8-11(12(10)14(19)17-16-13)15-9-5-2-1-3-6-9/h4,7-9,15H,1-3,5-6H2,(H,16,18)(H,17,19). The quantitative estimate of drug-likeness (QED) is 0.771. The Labute approximate surface area is 110 Å². The second kappa shape index (κ2) is 4.91. The predicted molar refractivity (Wildman–Crippen MR) is 75.7 cm³/mol. The molecule has 1 saturated carbocycles. The van der Waals surface area contributed by atoms with Gasteiger partial charge in [-0.15, -0.1) is 0 Å². The zero-order chi connectivity index (χ0) is 13.2. The molecule has 0 atom stereocenters. The number of anilines is 1. The van der Waals surface area contributed by atoms with Gasteiger partial charge in [-0.1, -0.05) is 25.3 Å². The number of benzene rings is 1. The first kappa shape index (κ1) is 12.0. The lowest BCUT2D eigenvalue weighted by Crippen LogP contribution is -2.25. The molecule has 5 heteroatoms. The lowest BCUT2D eigenvalue weighted by molar-refractivity contribution is 0.463. The van der Waals surface area contributed by atoms with Crippen LogP contribution >= 0.6 is 0 Å². The monoisotopic (exact) mass is 259 g/mol. The van der Waals surface area contributed by atoms with E-state index in [0.29, 0.717) is 16.8 Å². The van der Waals surface area contributed by atoms with Crippen molar-refractivity contribution in [1.29, 1.82) is 0 Å². The maximum atomic E-state index is 11.9. The second-order valence-corrected chi connectivity index (χ2v) is 5.12. The average Bonchev–Trinajstić information content (AvgIpc) is 2.44. The minimum absolute atomic E-state index is 0.256. The smallest absolute Gasteiger partial charge is 0.272 e. The van der Waals surface area contributed by atoms with E-state index in [1.807, 2.05) is 12.1 Å². The number of aromatic amines is 2. The van der Waals surface area contributed by atoms with Crippen molar-refractivity contribution in [3.63, 3.8) is 0 Å². The molecule has 100 valence electrons. The summed E-state index contributed by atoms with van der Waals surface area (Å²) in [6, 6.07) is 5.75. The van der Waals surface area contributed by atoms with Crippen LogP contribution in [0.2, 0.25) is 0 Å². The van der Waals surface area contributed by atoms with Gasteiger partial charge in [0, 0.05) is 11.7 Å². The first-order valence-electron chi connectivity index (χ1n) is 6.76. The molecule has 0 bridgehead atoms. The Kier molecular flexibility index (Phi) is 3.11. The molecule has 0 aliphatic heterocycles. The molecule has 0 spiro atoms. The summed E-state index contributed by atoms with van der Waals surface area (Å²) in [6.07, 6.45) is 5.97. The van der Waals surface area contributed by atoms with Crippen LogP contribution in [0.25, 0.3) is 10.8 Å². The third-order valence-electron chi connectivity index (χ3n) is 3.79. The second-order valence-electron chi connectivity index (χ2n) is 5.12. The van der Waals surface area contributed by atoms with Gasteiger partial charge in [0.2, 0.25) is 0 Å². The van der Waals surface area contributed by atoms with E-state index in [1.165, 1.54) is 19.3 Å². The van der Waals surface area contributed by atoms with Crippen molar-refractivity contribution in [2.45, 2.75) is 38.1 Å². The van der Waals surface area contributed by atoms with Gasteiger partial charge in [-0.05, 0) is 25.0 Å². The molecule has 0 saturated heterocycles. The maximum Gasteiger partial charge on any atom is 0.272 e. The van der Waals surface area contributed by atoms with Crippen LogP contribution < -0.4 is 16.4 Å². The number of fused-ring (bicyclic) bond motifs is 1. The summed E-state index contributed by atoms with van der Waals surface area (Å²) in [7, 11) is 0. The largest absolute Gasteiger partial charge is 0.382 e. The van der Waals surface area contributed by atoms with Crippen LogP contribution in [0.15, 0.2) is 27.8 Å². The predicted octanol–water partition coefficient (Wildman–Crippen LogP) is 1.96. The van der Waals surface area contributed by atoms with Crippen molar-refractivity contribution in [3.05, 3.63) is 38.9 Å². The van der Waals surface area contributed by atoms with Crippen LogP contribution in [0.3, 0.4) is 0 Å². The maximum absolute atomic E-state index is 11.9. The molecule has 19 heavy (non-hydrogen) atoms. The molecule has 5 nitrogen and oxygen atoms in total. The molecule has 1 heterocycles. The molecular weight excluding hydrogens is 242 g/mol. The van der Waals surface area contributed by atoms with Gasteiger partial charge >= 0.3 is 0 Å². The number of hydrogen-bond donors (Lipinski definition) is 3. The lowest BCUT2D eigenvalue weighted by Gasteiger charge is -2.24. The molecule has 1 aliphatic carbocycles. The van der Waals surface area contributed by atoms with Crippen LogP contribution in [0.5, 0.6) is 0 Å². The van der Waals surface area contributed by atoms with E-state index >= 15 is 0 Å². The Morgan fingerprint density at radius 1 is 1.00 bits per heavy atom. The normalized spacial score (nSPS) is 16.6. The van der Waals surface area contributed by atoms with E-state index in [1.54, 1.807) is 6.07 Å². The Morgan fingerprint density at radius 2 is 1.74 bits per heavy atom. The fourth-order valence-electron chi connectivity index (χ4n) is 2.82. The molecule has 0 radical (unpaired) electrons. The highest BCUT2D eigenvalue weighted by atomic mass is 16.1. The Balaban J connectivity index is 2.06. The van der Waals surface area contributed by atoms with Gasteiger partial charge in [-0.3, -0.25) is 19.8 Å². The fourth-order valence-corrected chi connectivity index (χ4v) is 2.82. The molecule has 1 fully saturated rings. The van der Waals surface area contributed by atoms with Crippen LogP contribution in [0.4, 0.5) is 5.69 Å². The molecule has 0 amide bonds. The summed E-state index contributed by atoms with van der Waals surface area (Å²) in [5.74, 6) is 0. The topological polar surface area (TPSA) is 77.8 Å². The SMILES string of the molecule is O=c1[nH][nH]c(=O)c2c(NC3CCCCC3)cccc12. The van der Waals surface area contributed by atoms with Crippen LogP contribution in [-0.4, -0.2) is 16.2 Å². The van der Waals surface area contributed by atoms with Crippen molar-refractivity contribution >= 4 is 16.5 Å². The molecule has 3 rings (SSSR count). The van der Waals surface area contributed by atoms with E-state index in [9.17, 15) is 9.59 Å². The van der Waals surface area contributed by atoms with Crippen molar-refractivity contribution in [1.82, 2.24) is 10.2 Å². The molecule has 2 aromatic rings. The first-order chi connectivity index (χ1) is 9.25. The molecule has 1 aromatic heterocycles. The van der Waals surface area contributed by atoms with Crippen molar-refractivity contribution in [3.8, 4) is 0 Å². The van der Waals surface area contributed by atoms with Gasteiger partial charge in [0.05, 0.1) is 10.8 Å². The van der Waals surface area contributed by atoms with Crippen LogP contribution in [0.1, 0.15) is 32.1 Å². The number of hydrogen-bond acceptors (Lipinski definition) is 3. The average molecular weight is 259 g/mol. The number of H-pyrrole nitrogens is 2. The minimum Gasteiger partial charge on any atom is -0.382 e. The Bertz CT molecular complexity index is 696. The van der Waals surface area contributed by atoms with Crippen LogP contribution in [-0.2, 0) is 0 Å². The van der Waals surface area contributed by atoms with E-state index < -0.39 is 0 Å². The third-order valence-corrected chi connectivity index (χ3v) is 3.79. The minimum atomic E-state index is -0.262.